The fourth-order valence-electron chi connectivity index (χ4n) is 17.0. The maximum Gasteiger partial charge on any atom is 0.496 e. The van der Waals surface area contributed by atoms with Crippen LogP contribution >= 0.6 is 57.9 Å². The number of nitrogens with zero attached hydrogens (tertiary/aromatic N) is 2. The molecule has 0 N–H and O–H groups in total. The molecule has 1 saturated heterocycles. The summed E-state index contributed by atoms with van der Waals surface area (Å²) < 4.78 is 20.9. The summed E-state index contributed by atoms with van der Waals surface area (Å²) in [6, 6.07) is 136. The molecule has 4 heterocycles. The molecular formula is C109H79BBrN2O6PS3. The Hall–Kier alpha value is -12.9. The molecule has 0 bridgehead atoms. The molecule has 0 spiro atoms. The first-order valence-electron chi connectivity index (χ1n) is 40.9. The number of nitro benzene ring substituents is 2. The fraction of sp³-hybridized carbons (Fsp3) is 0.0642. The predicted molar refractivity (Wildman–Crippen MR) is 529 cm³/mol. The molecule has 0 radical (unpaired) electrons. The van der Waals surface area contributed by atoms with Crippen LogP contribution < -0.4 is 21.4 Å². The number of nitro groups is 2. The molecule has 1 fully saturated rings. The zero-order valence-electron chi connectivity index (χ0n) is 67.7. The third-order valence-electron chi connectivity index (χ3n) is 23.7. The highest BCUT2D eigenvalue weighted by molar-refractivity contribution is 9.10. The van der Waals surface area contributed by atoms with Gasteiger partial charge in [0.05, 0.1) is 31.1 Å². The molecule has 594 valence electrons. The van der Waals surface area contributed by atoms with Crippen LogP contribution in [-0.2, 0) is 15.7 Å². The van der Waals surface area contributed by atoms with E-state index in [1.807, 2.05) is 114 Å². The SMILES string of the molecule is CC1(C)OB(c2cc3ccccc3c3c2sc2ccccc23)OC1(C)C.O=[N+]([O-])c1ccc(-c2ccccc2)cc1-c1cc2ccccc2c2c1sc1ccccc12.O=[N+]([O-])c1ccc(-c2ccccc2)cc1Br.c1ccc(-c2ccc3c(c2)-c2c(c4ccccc4c4c2sc2ccccc24)C3)cc1.c1ccc(P(c2ccccc2)c2ccccc2)cc1. The summed E-state index contributed by atoms with van der Waals surface area (Å²) in [4.78, 5) is 22.0. The van der Waals surface area contributed by atoms with Crippen LogP contribution in [0.15, 0.2) is 399 Å². The van der Waals surface area contributed by atoms with Crippen LogP contribution in [0.4, 0.5) is 11.4 Å². The van der Waals surface area contributed by atoms with Gasteiger partial charge in [-0.2, -0.15) is 0 Å². The number of hydrogen-bond acceptors (Lipinski definition) is 9. The van der Waals surface area contributed by atoms with E-state index in [9.17, 15) is 20.2 Å². The van der Waals surface area contributed by atoms with Crippen molar-refractivity contribution in [2.24, 2.45) is 0 Å². The van der Waals surface area contributed by atoms with E-state index in [0.29, 0.717) is 10.0 Å². The Morgan fingerprint density at radius 1 is 0.333 bits per heavy atom. The van der Waals surface area contributed by atoms with Crippen LogP contribution in [0.2, 0.25) is 0 Å². The molecule has 8 nitrogen and oxygen atoms in total. The molecule has 123 heavy (non-hydrogen) atoms. The van der Waals surface area contributed by atoms with Gasteiger partial charge in [-0.25, -0.2) is 0 Å². The molecule has 2 aliphatic rings. The second-order valence-corrected chi connectivity index (χ2v) is 37.9. The summed E-state index contributed by atoms with van der Waals surface area (Å²) >= 11 is 8.68. The van der Waals surface area contributed by atoms with Crippen molar-refractivity contribution >= 4 is 191 Å². The summed E-state index contributed by atoms with van der Waals surface area (Å²) in [5.74, 6) is 0. The molecule has 18 aromatic carbocycles. The lowest BCUT2D eigenvalue weighted by atomic mass is 9.77. The van der Waals surface area contributed by atoms with Gasteiger partial charge in [-0.05, 0) is 211 Å². The van der Waals surface area contributed by atoms with Crippen LogP contribution in [0.5, 0.6) is 0 Å². The Bertz CT molecular complexity index is 7470. The summed E-state index contributed by atoms with van der Waals surface area (Å²) in [5.41, 5.74) is 14.6. The van der Waals surface area contributed by atoms with E-state index in [4.69, 9.17) is 9.31 Å². The standard InChI is InChI=1S/C29H18S.C28H17NO2S.C22H21BO2S.C18H15P.C12H8BrNO2/c1-2-8-18(9-3-1)19-14-15-20-17-25-21-10-4-5-11-22(21)27-23-12-6-7-13-26(23)30-29(27)28(25)24(20)16-19;30-29(31)25-15-14-19(18-8-2-1-3-9-18)16-23(25)24-17-20-10-4-5-11-21(20)27-22-12-6-7-13-26(22)32-28(24)27;1-21(2)22(3,4)25-23(24-21)17-13-14-9-5-6-10-15(14)19-16-11-7-8-12-18(16)26-20(17)19;1-4-10-16(11-5-1)19(17-12-6-2-7-13-17)18-14-8-3-9-15-18;13-11-8-10(6-7-12(11)14(15)16)9-4-2-1-3-5-9/h1-16H,17H2;1-17H;5-13H,1-4H3;1-15H;1-8H. The first kappa shape index (κ1) is 79.9. The van der Waals surface area contributed by atoms with E-state index in [1.54, 1.807) is 29.5 Å². The fourth-order valence-corrected chi connectivity index (χ4v) is 23.7. The predicted octanol–water partition coefficient (Wildman–Crippen LogP) is 29.9. The number of thiophene rings is 3. The molecular weight excluding hydrogens is 1650 g/mol. The zero-order chi connectivity index (χ0) is 83.9. The minimum Gasteiger partial charge on any atom is -0.399 e. The van der Waals surface area contributed by atoms with Gasteiger partial charge in [0, 0.05) is 89.2 Å². The molecule has 23 rings (SSSR count). The van der Waals surface area contributed by atoms with Crippen molar-refractivity contribution in [1.29, 1.82) is 0 Å². The molecule has 0 amide bonds. The number of benzene rings is 18. The van der Waals surface area contributed by atoms with E-state index in [0.717, 1.165) is 55.2 Å². The number of rotatable bonds is 10. The van der Waals surface area contributed by atoms with Crippen molar-refractivity contribution in [1.82, 2.24) is 0 Å². The lowest BCUT2D eigenvalue weighted by Crippen LogP contribution is -2.41. The Balaban J connectivity index is 0.000000103. The first-order valence-corrected chi connectivity index (χ1v) is 45.5. The van der Waals surface area contributed by atoms with E-state index >= 15 is 0 Å². The van der Waals surface area contributed by atoms with Gasteiger partial charge in [-0.3, -0.25) is 20.2 Å². The van der Waals surface area contributed by atoms with Crippen LogP contribution in [0, 0.1) is 20.2 Å². The highest BCUT2D eigenvalue weighted by Gasteiger charge is 2.52. The zero-order valence-corrected chi connectivity index (χ0v) is 72.6. The quantitative estimate of drug-likeness (QED) is 0.0585. The Kier molecular flexibility index (Phi) is 22.2. The van der Waals surface area contributed by atoms with Gasteiger partial charge in [0.2, 0.25) is 0 Å². The molecule has 21 aromatic rings. The van der Waals surface area contributed by atoms with Crippen molar-refractivity contribution in [2.75, 3.05) is 0 Å². The maximum atomic E-state index is 12.0. The number of halogens is 1. The summed E-state index contributed by atoms with van der Waals surface area (Å²) in [5, 5.41) is 42.2. The lowest BCUT2D eigenvalue weighted by Gasteiger charge is -2.32. The lowest BCUT2D eigenvalue weighted by molar-refractivity contribution is -0.385. The van der Waals surface area contributed by atoms with Crippen LogP contribution in [0.3, 0.4) is 0 Å². The van der Waals surface area contributed by atoms with Gasteiger partial charge >= 0.3 is 7.12 Å². The number of fused-ring (bicyclic) bond motifs is 20. The smallest absolute Gasteiger partial charge is 0.399 e. The number of hydrogen-bond donors (Lipinski definition) is 0. The normalized spacial score (nSPS) is 13.0. The van der Waals surface area contributed by atoms with E-state index in [1.165, 1.54) is 133 Å². The largest absolute Gasteiger partial charge is 0.496 e. The van der Waals surface area contributed by atoms with Gasteiger partial charge in [0.25, 0.3) is 11.4 Å². The van der Waals surface area contributed by atoms with Gasteiger partial charge in [-0.1, -0.05) is 328 Å². The van der Waals surface area contributed by atoms with E-state index in [-0.39, 0.29) is 34.6 Å². The van der Waals surface area contributed by atoms with Crippen molar-refractivity contribution in [3.63, 3.8) is 0 Å². The van der Waals surface area contributed by atoms with E-state index in [2.05, 4.69) is 323 Å². The topological polar surface area (TPSA) is 105 Å². The highest BCUT2D eigenvalue weighted by atomic mass is 79.9. The third-order valence-corrected chi connectivity index (χ3v) is 30.4. The van der Waals surface area contributed by atoms with Crippen molar-refractivity contribution in [2.45, 2.75) is 45.3 Å². The maximum absolute atomic E-state index is 12.0. The van der Waals surface area contributed by atoms with Crippen molar-refractivity contribution in [3.8, 4) is 55.6 Å². The van der Waals surface area contributed by atoms with Crippen molar-refractivity contribution in [3.05, 3.63) is 430 Å². The average molecular weight is 1730 g/mol. The van der Waals surface area contributed by atoms with Crippen LogP contribution in [0.25, 0.3) is 148 Å². The van der Waals surface area contributed by atoms with Crippen molar-refractivity contribution < 1.29 is 19.2 Å². The van der Waals surface area contributed by atoms with Crippen LogP contribution in [-0.4, -0.2) is 28.2 Å². The second kappa shape index (κ2) is 34.2. The average Bonchev–Trinajstić information content (AvgIpc) is 1.56. The Morgan fingerprint density at radius 2 is 0.691 bits per heavy atom. The van der Waals surface area contributed by atoms with Crippen LogP contribution in [0.1, 0.15) is 38.8 Å². The summed E-state index contributed by atoms with van der Waals surface area (Å²) in [6.07, 6.45) is 1.02. The first-order chi connectivity index (χ1) is 60.1. The highest BCUT2D eigenvalue weighted by Crippen LogP contribution is 2.53. The second-order valence-electron chi connectivity index (χ2n) is 31.6. The third kappa shape index (κ3) is 15.6. The van der Waals surface area contributed by atoms with Gasteiger partial charge in [0.15, 0.2) is 0 Å². The molecule has 0 saturated carbocycles. The molecule has 0 atom stereocenters. The molecule has 3 aromatic heterocycles. The Labute approximate surface area is 734 Å². The molecule has 1 aliphatic heterocycles. The minimum absolute atomic E-state index is 0.0830. The molecule has 1 aliphatic carbocycles. The molecule has 0 unspecified atom stereocenters. The minimum atomic E-state index is -0.446. The van der Waals surface area contributed by atoms with Gasteiger partial charge in [0.1, 0.15) is 0 Å². The van der Waals surface area contributed by atoms with Gasteiger partial charge < -0.3 is 9.31 Å². The monoisotopic (exact) mass is 1730 g/mol. The summed E-state index contributed by atoms with van der Waals surface area (Å²) in [6.45, 7) is 8.43. The summed E-state index contributed by atoms with van der Waals surface area (Å²) in [7, 11) is -0.793. The van der Waals surface area contributed by atoms with Gasteiger partial charge in [-0.15, -0.1) is 34.0 Å². The Morgan fingerprint density at radius 3 is 1.16 bits per heavy atom. The van der Waals surface area contributed by atoms with E-state index < -0.39 is 12.8 Å². The molecule has 14 heteroatoms.